The maximum atomic E-state index is 5.96. The largest absolute Gasteiger partial charge is 0.493 e. The topological polar surface area (TPSA) is 59.8 Å². The molecule has 6 nitrogen and oxygen atoms in total. The lowest BCUT2D eigenvalue weighted by molar-refractivity contribution is 0.187. The molecule has 0 saturated carbocycles. The highest BCUT2D eigenvalue weighted by Gasteiger charge is 2.19. The summed E-state index contributed by atoms with van der Waals surface area (Å²) >= 11 is 0. The summed E-state index contributed by atoms with van der Waals surface area (Å²) in [5.41, 5.74) is 3.09. The molecule has 1 unspecified atom stereocenters. The molecule has 2 heterocycles. The molecule has 1 saturated heterocycles. The van der Waals surface area contributed by atoms with Gasteiger partial charge < -0.3 is 19.3 Å². The molecule has 0 amide bonds. The van der Waals surface area contributed by atoms with E-state index in [4.69, 9.17) is 14.0 Å². The summed E-state index contributed by atoms with van der Waals surface area (Å²) in [6.45, 7) is 7.40. The van der Waals surface area contributed by atoms with Gasteiger partial charge in [-0.1, -0.05) is 11.2 Å². The summed E-state index contributed by atoms with van der Waals surface area (Å²) in [5.74, 6) is 2.29. The first-order chi connectivity index (χ1) is 12.6. The molecular formula is C20H30ClN3O3. The number of nitrogens with one attached hydrogen (secondary N) is 1. The SMILES string of the molecule is CNC1CCCN(Cc2ccc(OCc3c(C)noc3C)c(OC)c2)C1.Cl. The van der Waals surface area contributed by atoms with Crippen LogP contribution in [0.2, 0.25) is 0 Å². The molecule has 1 fully saturated rings. The second-order valence-corrected chi connectivity index (χ2v) is 6.94. The standard InChI is InChI=1S/C20H29N3O3.ClH/c1-14-18(15(2)26-22-14)13-25-19-8-7-16(10-20(19)24-4)11-23-9-5-6-17(12-23)21-3;/h7-8,10,17,21H,5-6,9,11-13H2,1-4H3;1H. The van der Waals surface area contributed by atoms with Crippen LogP contribution in [0.25, 0.3) is 0 Å². The number of ether oxygens (including phenoxy) is 2. The van der Waals surface area contributed by atoms with E-state index in [-0.39, 0.29) is 12.4 Å². The first-order valence-corrected chi connectivity index (χ1v) is 9.21. The maximum Gasteiger partial charge on any atom is 0.161 e. The van der Waals surface area contributed by atoms with Crippen molar-refractivity contribution in [3.63, 3.8) is 0 Å². The van der Waals surface area contributed by atoms with Gasteiger partial charge in [-0.3, -0.25) is 4.90 Å². The van der Waals surface area contributed by atoms with Gasteiger partial charge in [0.2, 0.25) is 0 Å². The Kier molecular flexibility index (Phi) is 7.95. The molecule has 1 aromatic carbocycles. The Morgan fingerprint density at radius 3 is 2.78 bits per heavy atom. The van der Waals surface area contributed by atoms with Gasteiger partial charge in [-0.2, -0.15) is 0 Å². The molecule has 0 radical (unpaired) electrons. The van der Waals surface area contributed by atoms with Crippen molar-refractivity contribution in [3.05, 3.63) is 40.8 Å². The van der Waals surface area contributed by atoms with Crippen molar-refractivity contribution in [2.45, 2.75) is 45.9 Å². The van der Waals surface area contributed by atoms with Crippen LogP contribution in [0.3, 0.4) is 0 Å². The highest BCUT2D eigenvalue weighted by molar-refractivity contribution is 5.85. The molecule has 150 valence electrons. The van der Waals surface area contributed by atoms with E-state index in [1.165, 1.54) is 18.4 Å². The molecule has 1 N–H and O–H groups in total. The average molecular weight is 396 g/mol. The number of halogens is 1. The van der Waals surface area contributed by atoms with Gasteiger partial charge in [0.05, 0.1) is 18.4 Å². The minimum absolute atomic E-state index is 0. The lowest BCUT2D eigenvalue weighted by Gasteiger charge is -2.32. The number of hydrogen-bond acceptors (Lipinski definition) is 6. The number of methoxy groups -OCH3 is 1. The van der Waals surface area contributed by atoms with Gasteiger partial charge in [0.25, 0.3) is 0 Å². The zero-order valence-electron chi connectivity index (χ0n) is 16.6. The maximum absolute atomic E-state index is 5.96. The Morgan fingerprint density at radius 2 is 2.11 bits per heavy atom. The van der Waals surface area contributed by atoms with Gasteiger partial charge in [-0.25, -0.2) is 0 Å². The predicted octanol–water partition coefficient (Wildman–Crippen LogP) is 3.48. The molecule has 27 heavy (non-hydrogen) atoms. The Morgan fingerprint density at radius 1 is 1.30 bits per heavy atom. The van der Waals surface area contributed by atoms with Crippen LogP contribution in [-0.4, -0.2) is 43.3 Å². The molecule has 7 heteroatoms. The van der Waals surface area contributed by atoms with Crippen molar-refractivity contribution in [2.75, 3.05) is 27.2 Å². The minimum atomic E-state index is 0. The summed E-state index contributed by atoms with van der Waals surface area (Å²) in [6.07, 6.45) is 2.49. The van der Waals surface area contributed by atoms with Crippen LogP contribution in [0.15, 0.2) is 22.7 Å². The zero-order chi connectivity index (χ0) is 18.5. The lowest BCUT2D eigenvalue weighted by Crippen LogP contribution is -2.43. The third kappa shape index (κ3) is 5.37. The highest BCUT2D eigenvalue weighted by atomic mass is 35.5. The third-order valence-electron chi connectivity index (χ3n) is 5.10. The van der Waals surface area contributed by atoms with Crippen LogP contribution in [-0.2, 0) is 13.2 Å². The molecule has 0 spiro atoms. The van der Waals surface area contributed by atoms with Crippen LogP contribution >= 0.6 is 12.4 Å². The fourth-order valence-corrected chi connectivity index (χ4v) is 3.48. The third-order valence-corrected chi connectivity index (χ3v) is 5.10. The molecule has 0 bridgehead atoms. The van der Waals surface area contributed by atoms with E-state index < -0.39 is 0 Å². The Bertz CT molecular complexity index is 716. The van der Waals surface area contributed by atoms with E-state index in [0.29, 0.717) is 12.6 Å². The first kappa shape index (κ1) is 21.5. The number of aryl methyl sites for hydroxylation is 2. The summed E-state index contributed by atoms with van der Waals surface area (Å²) in [7, 11) is 3.72. The van der Waals surface area contributed by atoms with Crippen molar-refractivity contribution in [1.82, 2.24) is 15.4 Å². The monoisotopic (exact) mass is 395 g/mol. The zero-order valence-corrected chi connectivity index (χ0v) is 17.4. The van der Waals surface area contributed by atoms with E-state index in [1.54, 1.807) is 7.11 Å². The summed E-state index contributed by atoms with van der Waals surface area (Å²) < 4.78 is 16.7. The van der Waals surface area contributed by atoms with E-state index in [9.17, 15) is 0 Å². The Balaban J connectivity index is 0.00000261. The molecule has 2 aromatic rings. The van der Waals surface area contributed by atoms with E-state index in [1.807, 2.05) is 27.0 Å². The Labute approximate surface area is 167 Å². The van der Waals surface area contributed by atoms with Crippen molar-refractivity contribution in [2.24, 2.45) is 0 Å². The summed E-state index contributed by atoms with van der Waals surface area (Å²) in [4.78, 5) is 2.49. The van der Waals surface area contributed by atoms with E-state index >= 15 is 0 Å². The van der Waals surface area contributed by atoms with Gasteiger partial charge in [-0.15, -0.1) is 12.4 Å². The van der Waals surface area contributed by atoms with Gasteiger partial charge in [0, 0.05) is 19.1 Å². The van der Waals surface area contributed by atoms with Gasteiger partial charge in [0.15, 0.2) is 11.5 Å². The predicted molar refractivity (Wildman–Crippen MR) is 108 cm³/mol. The number of likely N-dealkylation sites (tertiary alicyclic amines) is 1. The van der Waals surface area contributed by atoms with Crippen molar-refractivity contribution in [3.8, 4) is 11.5 Å². The van der Waals surface area contributed by atoms with Crippen LogP contribution in [0.1, 0.15) is 35.4 Å². The number of hydrogen-bond donors (Lipinski definition) is 1. The molecule has 1 aliphatic rings. The second kappa shape index (κ2) is 9.97. The number of aromatic nitrogens is 1. The second-order valence-electron chi connectivity index (χ2n) is 6.94. The number of likely N-dealkylation sites (N-methyl/N-ethyl adjacent to an activating group) is 1. The lowest BCUT2D eigenvalue weighted by atomic mass is 10.0. The van der Waals surface area contributed by atoms with Gasteiger partial charge in [0.1, 0.15) is 12.4 Å². The number of benzene rings is 1. The smallest absolute Gasteiger partial charge is 0.161 e. The molecule has 1 atom stereocenters. The molecule has 1 aliphatic heterocycles. The summed E-state index contributed by atoms with van der Waals surface area (Å²) in [6, 6.07) is 6.77. The quantitative estimate of drug-likeness (QED) is 0.774. The number of piperidine rings is 1. The first-order valence-electron chi connectivity index (χ1n) is 9.21. The van der Waals surface area contributed by atoms with Gasteiger partial charge in [-0.05, 0) is 58.0 Å². The number of nitrogens with zero attached hydrogens (tertiary/aromatic N) is 2. The van der Waals surface area contributed by atoms with Crippen LogP contribution < -0.4 is 14.8 Å². The summed E-state index contributed by atoms with van der Waals surface area (Å²) in [5, 5.41) is 7.36. The van der Waals surface area contributed by atoms with Crippen molar-refractivity contribution >= 4 is 12.4 Å². The van der Waals surface area contributed by atoms with Crippen LogP contribution in [0.5, 0.6) is 11.5 Å². The van der Waals surface area contributed by atoms with Crippen LogP contribution in [0, 0.1) is 13.8 Å². The van der Waals surface area contributed by atoms with E-state index in [0.717, 1.165) is 48.2 Å². The van der Waals surface area contributed by atoms with Gasteiger partial charge >= 0.3 is 0 Å². The van der Waals surface area contributed by atoms with Crippen LogP contribution in [0.4, 0.5) is 0 Å². The molecular weight excluding hydrogens is 366 g/mol. The Hall–Kier alpha value is -1.76. The van der Waals surface area contributed by atoms with Crippen molar-refractivity contribution in [1.29, 1.82) is 0 Å². The molecule has 3 rings (SSSR count). The average Bonchev–Trinajstić information content (AvgIpc) is 2.98. The molecule has 0 aliphatic carbocycles. The minimum Gasteiger partial charge on any atom is -0.493 e. The highest BCUT2D eigenvalue weighted by Crippen LogP contribution is 2.30. The van der Waals surface area contributed by atoms with Crippen molar-refractivity contribution < 1.29 is 14.0 Å². The fraction of sp³-hybridized carbons (Fsp3) is 0.550. The molecule has 1 aromatic heterocycles. The fourth-order valence-electron chi connectivity index (χ4n) is 3.48. The number of rotatable bonds is 7. The normalized spacial score (nSPS) is 17.4. The van der Waals surface area contributed by atoms with E-state index in [2.05, 4.69) is 27.5 Å².